The van der Waals surface area contributed by atoms with E-state index in [0.29, 0.717) is 0 Å². The van der Waals surface area contributed by atoms with Crippen LogP contribution in [0, 0.1) is 0 Å². The minimum Gasteiger partial charge on any atom is -0.396 e. The molecule has 0 heterocycles. The van der Waals surface area contributed by atoms with Crippen LogP contribution in [-0.4, -0.2) is 11.7 Å². The van der Waals surface area contributed by atoms with Gasteiger partial charge in [-0.1, -0.05) is 68.3 Å². The highest BCUT2D eigenvalue weighted by atomic mass is 16.2. The van der Waals surface area contributed by atoms with Crippen molar-refractivity contribution in [2.75, 3.05) is 6.61 Å². The summed E-state index contributed by atoms with van der Waals surface area (Å²) in [5.74, 6) is 0. The Bertz CT molecular complexity index is 514. The van der Waals surface area contributed by atoms with E-state index in [0.717, 1.165) is 6.42 Å². The van der Waals surface area contributed by atoms with Gasteiger partial charge in [-0.3, -0.25) is 0 Å². The monoisotopic (exact) mass is 268 g/mol. The molecule has 2 aromatic rings. The number of benzene rings is 2. The molecular weight excluding hydrogens is 244 g/mol. The highest BCUT2D eigenvalue weighted by molar-refractivity contribution is 5.64. The van der Waals surface area contributed by atoms with Crippen molar-refractivity contribution in [2.45, 2.75) is 39.0 Å². The summed E-state index contributed by atoms with van der Waals surface area (Å²) in [5.41, 5.74) is 5.10. The molecule has 0 amide bonds. The molecule has 0 spiro atoms. The van der Waals surface area contributed by atoms with E-state index in [-0.39, 0.29) is 6.61 Å². The SMILES string of the molecule is CCCCCc1ccc(-c2cccc(CCO)c2)cc1. The number of hydrogen-bond acceptors (Lipinski definition) is 1. The van der Waals surface area contributed by atoms with E-state index in [2.05, 4.69) is 55.5 Å². The van der Waals surface area contributed by atoms with E-state index in [9.17, 15) is 0 Å². The van der Waals surface area contributed by atoms with Crippen LogP contribution >= 0.6 is 0 Å². The highest BCUT2D eigenvalue weighted by Crippen LogP contribution is 2.21. The van der Waals surface area contributed by atoms with Gasteiger partial charge >= 0.3 is 0 Å². The summed E-state index contributed by atoms with van der Waals surface area (Å²) in [6, 6.07) is 17.3. The van der Waals surface area contributed by atoms with Gasteiger partial charge in [0.15, 0.2) is 0 Å². The van der Waals surface area contributed by atoms with Gasteiger partial charge in [0.25, 0.3) is 0 Å². The standard InChI is InChI=1S/C19H24O/c1-2-3-4-6-16-9-11-18(12-10-16)19-8-5-7-17(15-19)13-14-20/h5,7-12,15,20H,2-4,6,13-14H2,1H3. The van der Waals surface area contributed by atoms with Crippen molar-refractivity contribution in [1.29, 1.82) is 0 Å². The largest absolute Gasteiger partial charge is 0.396 e. The fourth-order valence-corrected chi connectivity index (χ4v) is 2.48. The van der Waals surface area contributed by atoms with E-state index in [1.807, 2.05) is 0 Å². The first-order chi connectivity index (χ1) is 9.83. The van der Waals surface area contributed by atoms with Crippen molar-refractivity contribution < 1.29 is 5.11 Å². The van der Waals surface area contributed by atoms with Gasteiger partial charge in [0.05, 0.1) is 0 Å². The summed E-state index contributed by atoms with van der Waals surface area (Å²) >= 11 is 0. The molecule has 0 aliphatic carbocycles. The molecule has 1 nitrogen and oxygen atoms in total. The smallest absolute Gasteiger partial charge is 0.0471 e. The van der Waals surface area contributed by atoms with Crippen LogP contribution < -0.4 is 0 Å². The molecule has 0 saturated carbocycles. The molecular formula is C19H24O. The molecule has 0 aromatic heterocycles. The van der Waals surface area contributed by atoms with Crippen molar-refractivity contribution in [3.05, 3.63) is 59.7 Å². The first kappa shape index (κ1) is 14.8. The maximum absolute atomic E-state index is 9.02. The lowest BCUT2D eigenvalue weighted by atomic mass is 9.99. The second-order valence-electron chi connectivity index (χ2n) is 5.33. The lowest BCUT2D eigenvalue weighted by molar-refractivity contribution is 0.299. The second kappa shape index (κ2) is 7.86. The van der Waals surface area contributed by atoms with Crippen molar-refractivity contribution in [3.63, 3.8) is 0 Å². The van der Waals surface area contributed by atoms with Gasteiger partial charge in [-0.2, -0.15) is 0 Å². The lowest BCUT2D eigenvalue weighted by Crippen LogP contribution is -1.91. The van der Waals surface area contributed by atoms with Gasteiger partial charge in [-0.05, 0) is 41.5 Å². The predicted molar refractivity (Wildman–Crippen MR) is 85.9 cm³/mol. The summed E-state index contributed by atoms with van der Waals surface area (Å²) < 4.78 is 0. The van der Waals surface area contributed by atoms with E-state index in [4.69, 9.17) is 5.11 Å². The summed E-state index contributed by atoms with van der Waals surface area (Å²) in [6.45, 7) is 2.45. The van der Waals surface area contributed by atoms with Crippen LogP contribution in [0.4, 0.5) is 0 Å². The summed E-state index contributed by atoms with van der Waals surface area (Å²) in [4.78, 5) is 0. The Hall–Kier alpha value is -1.60. The minimum absolute atomic E-state index is 0.208. The number of aliphatic hydroxyl groups excluding tert-OH is 1. The first-order valence-electron chi connectivity index (χ1n) is 7.62. The Balaban J connectivity index is 2.07. The van der Waals surface area contributed by atoms with Crippen LogP contribution in [0.5, 0.6) is 0 Å². The van der Waals surface area contributed by atoms with Crippen LogP contribution in [0.2, 0.25) is 0 Å². The van der Waals surface area contributed by atoms with E-state index >= 15 is 0 Å². The molecule has 106 valence electrons. The van der Waals surface area contributed by atoms with E-state index < -0.39 is 0 Å². The highest BCUT2D eigenvalue weighted by Gasteiger charge is 2.00. The molecule has 0 fully saturated rings. The molecule has 0 radical (unpaired) electrons. The van der Waals surface area contributed by atoms with Crippen LogP contribution in [0.15, 0.2) is 48.5 Å². The van der Waals surface area contributed by atoms with Gasteiger partial charge in [0.1, 0.15) is 0 Å². The third kappa shape index (κ3) is 4.21. The Kier molecular flexibility index (Phi) is 5.82. The molecule has 0 aliphatic rings. The van der Waals surface area contributed by atoms with E-state index in [1.165, 1.54) is 47.9 Å². The molecule has 0 saturated heterocycles. The number of hydrogen-bond donors (Lipinski definition) is 1. The number of rotatable bonds is 7. The third-order valence-electron chi connectivity index (χ3n) is 3.68. The zero-order chi connectivity index (χ0) is 14.2. The van der Waals surface area contributed by atoms with Gasteiger partial charge in [0, 0.05) is 6.61 Å². The van der Waals surface area contributed by atoms with Crippen molar-refractivity contribution >= 4 is 0 Å². The molecule has 2 rings (SSSR count). The Labute approximate surface area is 122 Å². The summed E-state index contributed by atoms with van der Waals surface area (Å²) in [5, 5.41) is 9.02. The predicted octanol–water partition coefficient (Wildman–Crippen LogP) is 4.62. The van der Waals surface area contributed by atoms with Crippen molar-refractivity contribution in [3.8, 4) is 11.1 Å². The Morgan fingerprint density at radius 2 is 1.60 bits per heavy atom. The van der Waals surface area contributed by atoms with E-state index in [1.54, 1.807) is 0 Å². The fraction of sp³-hybridized carbons (Fsp3) is 0.368. The topological polar surface area (TPSA) is 20.2 Å². The number of unbranched alkanes of at least 4 members (excludes halogenated alkanes) is 2. The minimum atomic E-state index is 0.208. The molecule has 0 unspecified atom stereocenters. The summed E-state index contributed by atoms with van der Waals surface area (Å²) in [6.07, 6.45) is 5.77. The Morgan fingerprint density at radius 3 is 2.30 bits per heavy atom. The van der Waals surface area contributed by atoms with Crippen LogP contribution in [0.25, 0.3) is 11.1 Å². The fourth-order valence-electron chi connectivity index (χ4n) is 2.48. The van der Waals surface area contributed by atoms with Gasteiger partial charge in [0.2, 0.25) is 0 Å². The maximum atomic E-state index is 9.02. The molecule has 2 aromatic carbocycles. The van der Waals surface area contributed by atoms with Gasteiger partial charge in [-0.25, -0.2) is 0 Å². The van der Waals surface area contributed by atoms with Crippen LogP contribution in [0.3, 0.4) is 0 Å². The average molecular weight is 268 g/mol. The lowest BCUT2D eigenvalue weighted by Gasteiger charge is -2.06. The Morgan fingerprint density at radius 1 is 0.800 bits per heavy atom. The second-order valence-corrected chi connectivity index (χ2v) is 5.33. The zero-order valence-electron chi connectivity index (χ0n) is 12.3. The van der Waals surface area contributed by atoms with Crippen LogP contribution in [0.1, 0.15) is 37.3 Å². The van der Waals surface area contributed by atoms with Crippen molar-refractivity contribution in [2.24, 2.45) is 0 Å². The molecule has 0 aliphatic heterocycles. The maximum Gasteiger partial charge on any atom is 0.0471 e. The average Bonchev–Trinajstić information content (AvgIpc) is 2.49. The molecule has 0 bridgehead atoms. The normalized spacial score (nSPS) is 10.7. The molecule has 1 N–H and O–H groups in total. The van der Waals surface area contributed by atoms with Gasteiger partial charge < -0.3 is 5.11 Å². The third-order valence-corrected chi connectivity index (χ3v) is 3.68. The van der Waals surface area contributed by atoms with Crippen molar-refractivity contribution in [1.82, 2.24) is 0 Å². The zero-order valence-corrected chi connectivity index (χ0v) is 12.3. The summed E-state index contributed by atoms with van der Waals surface area (Å²) in [7, 11) is 0. The number of aryl methyl sites for hydroxylation is 1. The molecule has 0 atom stereocenters. The quantitative estimate of drug-likeness (QED) is 0.726. The molecule has 20 heavy (non-hydrogen) atoms. The number of aliphatic hydroxyl groups is 1. The van der Waals surface area contributed by atoms with Gasteiger partial charge in [-0.15, -0.1) is 0 Å². The van der Waals surface area contributed by atoms with Crippen LogP contribution in [-0.2, 0) is 12.8 Å². The first-order valence-corrected chi connectivity index (χ1v) is 7.62. The molecule has 1 heteroatoms.